The van der Waals surface area contributed by atoms with E-state index in [4.69, 9.17) is 15.6 Å². The van der Waals surface area contributed by atoms with Crippen LogP contribution < -0.4 is 5.73 Å². The number of carboxylic acid groups (broad SMARTS) is 1. The molecule has 0 saturated heterocycles. The number of hydrogen-bond acceptors (Lipinski definition) is 4. The van der Waals surface area contributed by atoms with Crippen LogP contribution in [0.1, 0.15) is 18.4 Å². The lowest BCUT2D eigenvalue weighted by Crippen LogP contribution is -2.41. The van der Waals surface area contributed by atoms with Crippen molar-refractivity contribution in [3.63, 3.8) is 0 Å². The Morgan fingerprint density at radius 2 is 2.00 bits per heavy atom. The van der Waals surface area contributed by atoms with Crippen molar-refractivity contribution >= 4 is 5.97 Å². The highest BCUT2D eigenvalue weighted by Gasteiger charge is 2.20. The van der Waals surface area contributed by atoms with E-state index in [1.807, 2.05) is 30.3 Å². The lowest BCUT2D eigenvalue weighted by atomic mass is 10.1. The van der Waals surface area contributed by atoms with Crippen LogP contribution in [0.15, 0.2) is 30.3 Å². The van der Waals surface area contributed by atoms with Gasteiger partial charge in [0.15, 0.2) is 0 Å². The van der Waals surface area contributed by atoms with Gasteiger partial charge < -0.3 is 20.7 Å². The molecule has 0 radical (unpaired) electrons. The van der Waals surface area contributed by atoms with E-state index in [1.54, 1.807) is 0 Å². The second kappa shape index (κ2) is 7.81. The number of benzene rings is 1. The molecule has 0 saturated carbocycles. The van der Waals surface area contributed by atoms with Gasteiger partial charge in [0.05, 0.1) is 12.7 Å². The number of carboxylic acids is 1. The Morgan fingerprint density at radius 1 is 1.33 bits per heavy atom. The number of hydrogen-bond donors (Lipinski definition) is 3. The van der Waals surface area contributed by atoms with E-state index in [0.29, 0.717) is 26.1 Å². The first-order valence-corrected chi connectivity index (χ1v) is 5.89. The van der Waals surface area contributed by atoms with E-state index < -0.39 is 18.1 Å². The van der Waals surface area contributed by atoms with Crippen LogP contribution in [0, 0.1) is 0 Å². The van der Waals surface area contributed by atoms with Crippen molar-refractivity contribution in [1.29, 1.82) is 0 Å². The highest BCUT2D eigenvalue weighted by molar-refractivity contribution is 5.73. The molecule has 18 heavy (non-hydrogen) atoms. The molecule has 100 valence electrons. The van der Waals surface area contributed by atoms with Crippen LogP contribution in [0.25, 0.3) is 0 Å². The average Bonchev–Trinajstić information content (AvgIpc) is 2.38. The van der Waals surface area contributed by atoms with Gasteiger partial charge in [-0.2, -0.15) is 0 Å². The Bertz CT molecular complexity index is 355. The van der Waals surface area contributed by atoms with Gasteiger partial charge in [-0.25, -0.2) is 0 Å². The van der Waals surface area contributed by atoms with Crippen molar-refractivity contribution in [1.82, 2.24) is 0 Å². The molecule has 0 bridgehead atoms. The van der Waals surface area contributed by atoms with Crippen LogP contribution in [0.5, 0.6) is 0 Å². The summed E-state index contributed by atoms with van der Waals surface area (Å²) < 4.78 is 5.41. The van der Waals surface area contributed by atoms with Gasteiger partial charge in [-0.1, -0.05) is 30.3 Å². The largest absolute Gasteiger partial charge is 0.480 e. The van der Waals surface area contributed by atoms with Crippen molar-refractivity contribution in [2.24, 2.45) is 5.73 Å². The first-order valence-electron chi connectivity index (χ1n) is 5.89. The zero-order valence-electron chi connectivity index (χ0n) is 10.2. The third kappa shape index (κ3) is 5.27. The lowest BCUT2D eigenvalue weighted by Gasteiger charge is -2.14. The molecule has 0 aliphatic heterocycles. The van der Waals surface area contributed by atoms with Gasteiger partial charge >= 0.3 is 5.97 Å². The summed E-state index contributed by atoms with van der Waals surface area (Å²) in [5, 5.41) is 18.0. The normalized spacial score (nSPS) is 14.1. The molecule has 2 unspecified atom stereocenters. The number of aliphatic hydroxyl groups is 1. The second-order valence-corrected chi connectivity index (χ2v) is 4.11. The number of aliphatic carboxylic acids is 1. The van der Waals surface area contributed by atoms with Crippen LogP contribution in [-0.4, -0.2) is 34.9 Å². The van der Waals surface area contributed by atoms with Crippen molar-refractivity contribution in [2.75, 3.05) is 6.61 Å². The maximum absolute atomic E-state index is 10.5. The molecule has 0 amide bonds. The summed E-state index contributed by atoms with van der Waals surface area (Å²) in [6, 6.07) is 8.53. The van der Waals surface area contributed by atoms with Gasteiger partial charge in [0.1, 0.15) is 6.04 Å². The molecule has 0 spiro atoms. The zero-order chi connectivity index (χ0) is 13.4. The van der Waals surface area contributed by atoms with Gasteiger partial charge in [0.25, 0.3) is 0 Å². The second-order valence-electron chi connectivity index (χ2n) is 4.11. The van der Waals surface area contributed by atoms with E-state index >= 15 is 0 Å². The number of nitrogens with two attached hydrogens (primary N) is 1. The topological polar surface area (TPSA) is 92.8 Å². The Morgan fingerprint density at radius 3 is 2.61 bits per heavy atom. The van der Waals surface area contributed by atoms with Gasteiger partial charge in [0, 0.05) is 6.61 Å². The lowest BCUT2D eigenvalue weighted by molar-refractivity contribution is -0.141. The van der Waals surface area contributed by atoms with E-state index in [9.17, 15) is 9.90 Å². The van der Waals surface area contributed by atoms with Crippen LogP contribution in [0.2, 0.25) is 0 Å². The molecule has 2 atom stereocenters. The summed E-state index contributed by atoms with van der Waals surface area (Å²) in [6.45, 7) is 0.986. The van der Waals surface area contributed by atoms with E-state index in [2.05, 4.69) is 0 Å². The van der Waals surface area contributed by atoms with Crippen molar-refractivity contribution in [2.45, 2.75) is 31.6 Å². The van der Waals surface area contributed by atoms with Crippen LogP contribution in [0.3, 0.4) is 0 Å². The predicted molar refractivity (Wildman–Crippen MR) is 67.0 cm³/mol. The quantitative estimate of drug-likeness (QED) is 0.595. The highest BCUT2D eigenvalue weighted by atomic mass is 16.5. The third-order valence-corrected chi connectivity index (χ3v) is 2.60. The minimum absolute atomic E-state index is 0.322. The third-order valence-electron chi connectivity index (χ3n) is 2.60. The molecule has 1 aromatic rings. The van der Waals surface area contributed by atoms with Crippen molar-refractivity contribution in [3.8, 4) is 0 Å². The zero-order valence-corrected chi connectivity index (χ0v) is 10.2. The average molecular weight is 253 g/mol. The Kier molecular flexibility index (Phi) is 6.35. The predicted octanol–water partition coefficient (Wildman–Crippen LogP) is 0.756. The molecular weight excluding hydrogens is 234 g/mol. The molecule has 1 rings (SSSR count). The summed E-state index contributed by atoms with van der Waals surface area (Å²) in [5.74, 6) is -1.19. The monoisotopic (exact) mass is 253 g/mol. The molecule has 0 aliphatic carbocycles. The minimum Gasteiger partial charge on any atom is -0.480 e. The highest BCUT2D eigenvalue weighted by Crippen LogP contribution is 2.04. The Balaban J connectivity index is 2.10. The molecule has 1 aromatic carbocycles. The smallest absolute Gasteiger partial charge is 0.323 e. The molecule has 5 nitrogen and oxygen atoms in total. The van der Waals surface area contributed by atoms with Gasteiger partial charge in [-0.15, -0.1) is 0 Å². The summed E-state index contributed by atoms with van der Waals surface area (Å²) in [6.07, 6.45) is -0.125. The molecule has 0 aliphatic rings. The fraction of sp³-hybridized carbons (Fsp3) is 0.462. The maximum atomic E-state index is 10.5. The molecule has 0 heterocycles. The van der Waals surface area contributed by atoms with Crippen molar-refractivity contribution in [3.05, 3.63) is 35.9 Å². The minimum atomic E-state index is -1.22. The summed E-state index contributed by atoms with van der Waals surface area (Å²) >= 11 is 0. The molecule has 0 aromatic heterocycles. The fourth-order valence-electron chi connectivity index (χ4n) is 1.50. The van der Waals surface area contributed by atoms with Crippen molar-refractivity contribution < 1.29 is 19.7 Å². The molecule has 0 fully saturated rings. The number of carbonyl (C=O) groups is 1. The Labute approximate surface area is 106 Å². The summed E-state index contributed by atoms with van der Waals surface area (Å²) in [4.78, 5) is 10.5. The van der Waals surface area contributed by atoms with Crippen LogP contribution >= 0.6 is 0 Å². The standard InChI is InChI=1S/C13H19NO4/c14-12(13(16)17)11(15)7-4-8-18-9-10-5-2-1-3-6-10/h1-3,5-6,11-12,15H,4,7-9,14H2,(H,16,17). The van der Waals surface area contributed by atoms with Gasteiger partial charge in [-0.3, -0.25) is 4.79 Å². The Hall–Kier alpha value is -1.43. The van der Waals surface area contributed by atoms with Crippen LogP contribution in [-0.2, 0) is 16.1 Å². The molecule has 5 heteroatoms. The molecular formula is C13H19NO4. The van der Waals surface area contributed by atoms with Crippen LogP contribution in [0.4, 0.5) is 0 Å². The van der Waals surface area contributed by atoms with E-state index in [-0.39, 0.29) is 0 Å². The number of ether oxygens (including phenoxy) is 1. The first kappa shape index (κ1) is 14.6. The van der Waals surface area contributed by atoms with Gasteiger partial charge in [0.2, 0.25) is 0 Å². The van der Waals surface area contributed by atoms with Gasteiger partial charge in [-0.05, 0) is 18.4 Å². The van der Waals surface area contributed by atoms with E-state index in [0.717, 1.165) is 5.56 Å². The SMILES string of the molecule is NC(C(=O)O)C(O)CCCOCc1ccccc1. The fourth-order valence-corrected chi connectivity index (χ4v) is 1.50. The number of aliphatic hydroxyl groups excluding tert-OH is 1. The summed E-state index contributed by atoms with van der Waals surface area (Å²) in [7, 11) is 0. The first-order chi connectivity index (χ1) is 8.61. The maximum Gasteiger partial charge on any atom is 0.323 e. The number of rotatable bonds is 8. The molecule has 4 N–H and O–H groups in total. The van der Waals surface area contributed by atoms with E-state index in [1.165, 1.54) is 0 Å². The summed E-state index contributed by atoms with van der Waals surface area (Å²) in [5.41, 5.74) is 6.36.